The van der Waals surface area contributed by atoms with Gasteiger partial charge in [-0.05, 0) is 36.4 Å². The predicted octanol–water partition coefficient (Wildman–Crippen LogP) is 2.45. The summed E-state index contributed by atoms with van der Waals surface area (Å²) in [5, 5.41) is 2.81. The van der Waals surface area contributed by atoms with Crippen LogP contribution in [0.1, 0.15) is 23.2 Å². The van der Waals surface area contributed by atoms with E-state index >= 15 is 0 Å². The molecule has 5 nitrogen and oxygen atoms in total. The summed E-state index contributed by atoms with van der Waals surface area (Å²) in [6, 6.07) is 6.13. The number of H-pyrrole nitrogens is 1. The zero-order valence-corrected chi connectivity index (χ0v) is 12.7. The topological polar surface area (TPSA) is 65.2 Å². The first-order chi connectivity index (χ1) is 11.3. The van der Waals surface area contributed by atoms with Gasteiger partial charge in [-0.1, -0.05) is 6.07 Å². The number of amides is 2. The molecule has 0 aliphatic carbocycles. The Hall–Kier alpha value is -2.51. The number of benzene rings is 1. The summed E-state index contributed by atoms with van der Waals surface area (Å²) in [7, 11) is 0. The lowest BCUT2D eigenvalue weighted by molar-refractivity contribution is -0.140. The molecule has 0 unspecified atom stereocenters. The summed E-state index contributed by atoms with van der Waals surface area (Å²) in [6.07, 6.45) is -1.77. The Morgan fingerprint density at radius 1 is 1.29 bits per heavy atom. The number of aromatic amines is 1. The molecule has 1 atom stereocenters. The van der Waals surface area contributed by atoms with Crippen molar-refractivity contribution in [1.82, 2.24) is 15.2 Å². The van der Waals surface area contributed by atoms with E-state index in [9.17, 15) is 22.8 Å². The van der Waals surface area contributed by atoms with Gasteiger partial charge in [0, 0.05) is 23.8 Å². The average Bonchev–Trinajstić information content (AvgIpc) is 3.19. The van der Waals surface area contributed by atoms with E-state index in [-0.39, 0.29) is 5.91 Å². The quantitative estimate of drug-likeness (QED) is 0.902. The molecule has 0 saturated carbocycles. The summed E-state index contributed by atoms with van der Waals surface area (Å²) in [6.45, 7) is -1.04. The van der Waals surface area contributed by atoms with Crippen molar-refractivity contribution in [3.63, 3.8) is 0 Å². The number of nitrogens with zero attached hydrogens (tertiary/aromatic N) is 1. The normalized spacial score (nSPS) is 18.1. The number of hydrogen-bond donors (Lipinski definition) is 2. The van der Waals surface area contributed by atoms with E-state index in [2.05, 4.69) is 4.98 Å². The molecule has 0 radical (unpaired) electrons. The average molecular weight is 339 g/mol. The fourth-order valence-corrected chi connectivity index (χ4v) is 2.93. The zero-order valence-electron chi connectivity index (χ0n) is 12.7. The maximum atomic E-state index is 12.6. The number of alkyl halides is 3. The van der Waals surface area contributed by atoms with E-state index in [1.807, 2.05) is 11.4 Å². The smallest absolute Gasteiger partial charge is 0.361 e. The number of hydrogen-bond acceptors (Lipinski definition) is 2. The highest BCUT2D eigenvalue weighted by Crippen LogP contribution is 2.23. The van der Waals surface area contributed by atoms with Gasteiger partial charge in [0.1, 0.15) is 12.6 Å². The number of likely N-dealkylation sites (tertiary alicyclic amines) is 1. The second-order valence-corrected chi connectivity index (χ2v) is 5.77. The molecule has 2 heterocycles. The number of nitrogens with one attached hydrogen (secondary N) is 2. The van der Waals surface area contributed by atoms with E-state index in [1.54, 1.807) is 24.4 Å². The largest absolute Gasteiger partial charge is 0.405 e. The molecule has 2 amide bonds. The predicted molar refractivity (Wildman–Crippen MR) is 81.4 cm³/mol. The van der Waals surface area contributed by atoms with Crippen LogP contribution in [0.4, 0.5) is 13.2 Å². The summed E-state index contributed by atoms with van der Waals surface area (Å²) in [5.41, 5.74) is 1.19. The molecule has 0 spiro atoms. The van der Waals surface area contributed by atoms with E-state index in [0.29, 0.717) is 24.9 Å². The van der Waals surface area contributed by atoms with Gasteiger partial charge in [0.25, 0.3) is 5.91 Å². The van der Waals surface area contributed by atoms with Crippen molar-refractivity contribution < 1.29 is 22.8 Å². The van der Waals surface area contributed by atoms with Gasteiger partial charge in [-0.15, -0.1) is 0 Å². The Kier molecular flexibility index (Phi) is 4.21. The molecular formula is C16H16F3N3O2. The third kappa shape index (κ3) is 3.37. The standard InChI is InChI=1S/C16H16F3N3O2/c17-16(18,19)9-21-14(23)13-2-1-7-22(13)15(24)11-4-3-10-5-6-20-12(10)8-11/h3-6,8,13,20H,1-2,7,9H2,(H,21,23)/t13-/m1/s1. The fourth-order valence-electron chi connectivity index (χ4n) is 2.93. The van der Waals surface area contributed by atoms with E-state index in [1.165, 1.54) is 4.90 Å². The van der Waals surface area contributed by atoms with Crippen molar-refractivity contribution in [2.24, 2.45) is 0 Å². The minimum atomic E-state index is -4.47. The molecule has 2 N–H and O–H groups in total. The zero-order chi connectivity index (χ0) is 17.3. The molecule has 1 aromatic carbocycles. The van der Waals surface area contributed by atoms with E-state index < -0.39 is 24.7 Å². The van der Waals surface area contributed by atoms with Gasteiger partial charge in [0.05, 0.1) is 0 Å². The summed E-state index contributed by atoms with van der Waals surface area (Å²) >= 11 is 0. The summed E-state index contributed by atoms with van der Waals surface area (Å²) < 4.78 is 36.7. The third-order valence-electron chi connectivity index (χ3n) is 4.08. The van der Waals surface area contributed by atoms with Gasteiger partial charge in [-0.3, -0.25) is 9.59 Å². The van der Waals surface area contributed by atoms with Gasteiger partial charge in [0.2, 0.25) is 5.91 Å². The van der Waals surface area contributed by atoms with Gasteiger partial charge in [-0.2, -0.15) is 13.2 Å². The summed E-state index contributed by atoms with van der Waals surface area (Å²) in [4.78, 5) is 29.0. The van der Waals surface area contributed by atoms with Gasteiger partial charge in [-0.25, -0.2) is 0 Å². The van der Waals surface area contributed by atoms with Crippen LogP contribution in [0.15, 0.2) is 30.5 Å². The molecule has 3 rings (SSSR count). The van der Waals surface area contributed by atoms with Crippen LogP contribution in [0.3, 0.4) is 0 Å². The second kappa shape index (κ2) is 6.18. The number of carbonyl (C=O) groups is 2. The third-order valence-corrected chi connectivity index (χ3v) is 4.08. The van der Waals surface area contributed by atoms with Crippen LogP contribution < -0.4 is 5.32 Å². The van der Waals surface area contributed by atoms with Crippen molar-refractivity contribution in [2.45, 2.75) is 25.1 Å². The van der Waals surface area contributed by atoms with Crippen LogP contribution in [-0.4, -0.2) is 47.0 Å². The molecule has 1 aromatic heterocycles. The number of rotatable bonds is 3. The molecule has 8 heteroatoms. The second-order valence-electron chi connectivity index (χ2n) is 5.77. The monoisotopic (exact) mass is 339 g/mol. The molecule has 24 heavy (non-hydrogen) atoms. The van der Waals surface area contributed by atoms with Crippen LogP contribution in [0, 0.1) is 0 Å². The molecular weight excluding hydrogens is 323 g/mol. The molecule has 2 aromatic rings. The molecule has 1 aliphatic rings. The first-order valence-electron chi connectivity index (χ1n) is 7.58. The van der Waals surface area contributed by atoms with E-state index in [0.717, 1.165) is 10.9 Å². The SMILES string of the molecule is O=C(NCC(F)(F)F)[C@H]1CCCN1C(=O)c1ccc2cc[nH]c2c1. The molecule has 1 aliphatic heterocycles. The number of fused-ring (bicyclic) bond motifs is 1. The number of aromatic nitrogens is 1. The molecule has 0 bridgehead atoms. The van der Waals surface area contributed by atoms with Crippen LogP contribution in [0.5, 0.6) is 0 Å². The Morgan fingerprint density at radius 2 is 2.08 bits per heavy atom. The van der Waals surface area contributed by atoms with Gasteiger partial charge in [0.15, 0.2) is 0 Å². The Labute approximate surface area is 135 Å². The lowest BCUT2D eigenvalue weighted by atomic mass is 10.1. The van der Waals surface area contributed by atoms with Crippen LogP contribution in [0.25, 0.3) is 10.9 Å². The first kappa shape index (κ1) is 16.4. The highest BCUT2D eigenvalue weighted by molar-refractivity contribution is 6.00. The highest BCUT2D eigenvalue weighted by atomic mass is 19.4. The lowest BCUT2D eigenvalue weighted by Gasteiger charge is -2.24. The van der Waals surface area contributed by atoms with Gasteiger partial charge < -0.3 is 15.2 Å². The minimum Gasteiger partial charge on any atom is -0.361 e. The van der Waals surface area contributed by atoms with Crippen molar-refractivity contribution in [1.29, 1.82) is 0 Å². The van der Waals surface area contributed by atoms with Gasteiger partial charge >= 0.3 is 6.18 Å². The number of carbonyl (C=O) groups excluding carboxylic acids is 2. The lowest BCUT2D eigenvalue weighted by Crippen LogP contribution is -2.48. The van der Waals surface area contributed by atoms with Crippen molar-refractivity contribution >= 4 is 22.7 Å². The Bertz CT molecular complexity index is 769. The van der Waals surface area contributed by atoms with Crippen LogP contribution >= 0.6 is 0 Å². The molecule has 1 fully saturated rings. The van der Waals surface area contributed by atoms with Crippen molar-refractivity contribution in [3.8, 4) is 0 Å². The maximum absolute atomic E-state index is 12.6. The highest BCUT2D eigenvalue weighted by Gasteiger charge is 2.36. The number of halogens is 3. The molecule has 128 valence electrons. The Balaban J connectivity index is 1.74. The summed E-state index contributed by atoms with van der Waals surface area (Å²) in [5.74, 6) is -1.12. The van der Waals surface area contributed by atoms with Crippen molar-refractivity contribution in [2.75, 3.05) is 13.1 Å². The first-order valence-corrected chi connectivity index (χ1v) is 7.58. The maximum Gasteiger partial charge on any atom is 0.405 e. The fraction of sp³-hybridized carbons (Fsp3) is 0.375. The van der Waals surface area contributed by atoms with Crippen LogP contribution in [-0.2, 0) is 4.79 Å². The molecule has 1 saturated heterocycles. The van der Waals surface area contributed by atoms with Crippen LogP contribution in [0.2, 0.25) is 0 Å². The van der Waals surface area contributed by atoms with E-state index in [4.69, 9.17) is 0 Å². The minimum absolute atomic E-state index is 0.351. The Morgan fingerprint density at radius 3 is 2.83 bits per heavy atom. The van der Waals surface area contributed by atoms with Crippen molar-refractivity contribution in [3.05, 3.63) is 36.0 Å².